The van der Waals surface area contributed by atoms with E-state index in [2.05, 4.69) is 10.6 Å². The van der Waals surface area contributed by atoms with E-state index >= 15 is 0 Å². The number of halogens is 1. The topological polar surface area (TPSA) is 121 Å². The molecule has 12 heteroatoms. The second-order valence-corrected chi connectivity index (χ2v) is 10.2. The van der Waals surface area contributed by atoms with Crippen LogP contribution in [0, 0.1) is 5.82 Å². The van der Waals surface area contributed by atoms with Gasteiger partial charge in [-0.25, -0.2) is 12.8 Å². The van der Waals surface area contributed by atoms with Crippen LogP contribution < -0.4 is 10.6 Å². The predicted molar refractivity (Wildman–Crippen MR) is 120 cm³/mol. The van der Waals surface area contributed by atoms with E-state index in [0.29, 0.717) is 25.1 Å². The zero-order chi connectivity index (χ0) is 24.5. The fourth-order valence-electron chi connectivity index (χ4n) is 4.22. The first-order chi connectivity index (χ1) is 16.2. The van der Waals surface area contributed by atoms with Gasteiger partial charge in [0, 0.05) is 39.4 Å². The van der Waals surface area contributed by atoms with Gasteiger partial charge in [0.05, 0.1) is 4.90 Å². The number of amides is 3. The van der Waals surface area contributed by atoms with Gasteiger partial charge in [0.15, 0.2) is 0 Å². The van der Waals surface area contributed by atoms with Gasteiger partial charge in [-0.1, -0.05) is 0 Å². The highest BCUT2D eigenvalue weighted by molar-refractivity contribution is 7.89. The summed E-state index contributed by atoms with van der Waals surface area (Å²) in [6.07, 6.45) is 2.83. The Morgan fingerprint density at radius 3 is 2.53 bits per heavy atom. The number of piperazine rings is 1. The number of aryl methyl sites for hydroxylation is 1. The van der Waals surface area contributed by atoms with E-state index in [1.54, 1.807) is 29.9 Å². The molecule has 2 aromatic rings. The lowest BCUT2D eigenvalue weighted by atomic mass is 10.1. The summed E-state index contributed by atoms with van der Waals surface area (Å²) in [7, 11) is -2.46. The van der Waals surface area contributed by atoms with E-state index in [0.717, 1.165) is 28.6 Å². The first-order valence-electron chi connectivity index (χ1n) is 10.9. The lowest BCUT2D eigenvalue weighted by molar-refractivity contribution is -0.132. The van der Waals surface area contributed by atoms with Gasteiger partial charge in [-0.3, -0.25) is 14.4 Å². The van der Waals surface area contributed by atoms with Gasteiger partial charge in [0.2, 0.25) is 21.8 Å². The number of hydrogen-bond donors (Lipinski definition) is 2. The molecule has 1 aromatic carbocycles. The molecule has 0 radical (unpaired) electrons. The summed E-state index contributed by atoms with van der Waals surface area (Å²) in [6, 6.07) is 5.65. The van der Waals surface area contributed by atoms with Crippen LogP contribution in [0.5, 0.6) is 0 Å². The molecule has 0 aliphatic carbocycles. The fourth-order valence-corrected chi connectivity index (χ4v) is 5.79. The molecule has 2 fully saturated rings. The normalized spacial score (nSPS) is 21.7. The molecule has 3 heterocycles. The summed E-state index contributed by atoms with van der Waals surface area (Å²) in [6.45, 7) is 0.256. The van der Waals surface area contributed by atoms with Crippen molar-refractivity contribution in [2.24, 2.45) is 7.05 Å². The van der Waals surface area contributed by atoms with Crippen LogP contribution in [0.15, 0.2) is 47.5 Å². The minimum absolute atomic E-state index is 0.0676. The molecular formula is C22H26FN5O5S. The van der Waals surface area contributed by atoms with Crippen molar-refractivity contribution in [2.45, 2.75) is 29.8 Å². The van der Waals surface area contributed by atoms with Crippen LogP contribution in [0.4, 0.5) is 4.39 Å². The Balaban J connectivity index is 1.62. The molecule has 10 nitrogen and oxygen atoms in total. The zero-order valence-corrected chi connectivity index (χ0v) is 19.4. The highest BCUT2D eigenvalue weighted by Crippen LogP contribution is 2.23. The number of nitrogens with one attached hydrogen (secondary N) is 2. The molecule has 2 aliphatic rings. The SMILES string of the molecule is Cn1cccc1C(=O)N1CCN(S(=O)(=O)c2ccc(F)cc2)[C@@H](C(=O)N[C@H]2CCCNC2=O)C1. The number of piperidine rings is 1. The summed E-state index contributed by atoms with van der Waals surface area (Å²) in [5, 5.41) is 5.32. The van der Waals surface area contributed by atoms with Crippen LogP contribution in [0.3, 0.4) is 0 Å². The van der Waals surface area contributed by atoms with Gasteiger partial charge in [0.1, 0.15) is 23.6 Å². The van der Waals surface area contributed by atoms with Crippen LogP contribution in [-0.4, -0.2) is 78.2 Å². The highest BCUT2D eigenvalue weighted by Gasteiger charge is 2.42. The van der Waals surface area contributed by atoms with Gasteiger partial charge in [-0.2, -0.15) is 4.31 Å². The van der Waals surface area contributed by atoms with E-state index < -0.39 is 33.8 Å². The van der Waals surface area contributed by atoms with Crippen molar-refractivity contribution < 1.29 is 27.2 Å². The minimum atomic E-state index is -4.18. The van der Waals surface area contributed by atoms with Crippen molar-refractivity contribution >= 4 is 27.7 Å². The summed E-state index contributed by atoms with van der Waals surface area (Å²) < 4.78 is 42.8. The molecular weight excluding hydrogens is 465 g/mol. The molecule has 2 N–H and O–H groups in total. The second kappa shape index (κ2) is 9.55. The molecule has 1 aromatic heterocycles. The Bertz CT molecular complexity index is 1200. The molecule has 0 spiro atoms. The van der Waals surface area contributed by atoms with Gasteiger partial charge in [-0.15, -0.1) is 0 Å². The number of rotatable bonds is 5. The number of sulfonamides is 1. The number of hydrogen-bond acceptors (Lipinski definition) is 5. The Morgan fingerprint density at radius 1 is 1.15 bits per heavy atom. The number of carbonyl (C=O) groups excluding carboxylic acids is 3. The van der Waals surface area contributed by atoms with Gasteiger partial charge >= 0.3 is 0 Å². The number of nitrogens with zero attached hydrogens (tertiary/aromatic N) is 3. The molecule has 2 aliphatic heterocycles. The Labute approximate surface area is 196 Å². The molecule has 4 rings (SSSR count). The molecule has 0 unspecified atom stereocenters. The fraction of sp³-hybridized carbons (Fsp3) is 0.409. The maximum Gasteiger partial charge on any atom is 0.270 e. The Hall–Kier alpha value is -3.25. The zero-order valence-electron chi connectivity index (χ0n) is 18.6. The van der Waals surface area contributed by atoms with Crippen LogP contribution in [0.25, 0.3) is 0 Å². The quantitative estimate of drug-likeness (QED) is 0.614. The third-order valence-electron chi connectivity index (χ3n) is 6.11. The first kappa shape index (κ1) is 23.9. The molecule has 2 saturated heterocycles. The summed E-state index contributed by atoms with van der Waals surface area (Å²) in [5.74, 6) is -1.92. The average Bonchev–Trinajstić information content (AvgIpc) is 3.25. The van der Waals surface area contributed by atoms with Gasteiger partial charge in [0.25, 0.3) is 5.91 Å². The Morgan fingerprint density at radius 2 is 1.88 bits per heavy atom. The smallest absolute Gasteiger partial charge is 0.270 e. The summed E-state index contributed by atoms with van der Waals surface area (Å²) >= 11 is 0. The van der Waals surface area contributed by atoms with E-state index in [4.69, 9.17) is 0 Å². The van der Waals surface area contributed by atoms with Crippen LogP contribution in [-0.2, 0) is 26.7 Å². The van der Waals surface area contributed by atoms with Crippen LogP contribution in [0.1, 0.15) is 23.3 Å². The Kier molecular flexibility index (Phi) is 6.71. The maximum atomic E-state index is 13.4. The van der Waals surface area contributed by atoms with Crippen molar-refractivity contribution in [1.29, 1.82) is 0 Å². The van der Waals surface area contributed by atoms with E-state index in [1.165, 1.54) is 4.90 Å². The lowest BCUT2D eigenvalue weighted by Crippen LogP contribution is -2.63. The number of carbonyl (C=O) groups is 3. The van der Waals surface area contributed by atoms with Crippen molar-refractivity contribution in [3.8, 4) is 0 Å². The van der Waals surface area contributed by atoms with E-state index in [9.17, 15) is 27.2 Å². The average molecular weight is 492 g/mol. The maximum absolute atomic E-state index is 13.4. The number of benzene rings is 1. The molecule has 3 amide bonds. The van der Waals surface area contributed by atoms with E-state index in [-0.39, 0.29) is 36.3 Å². The largest absolute Gasteiger partial charge is 0.354 e. The van der Waals surface area contributed by atoms with Crippen LogP contribution in [0.2, 0.25) is 0 Å². The van der Waals surface area contributed by atoms with Gasteiger partial charge < -0.3 is 20.1 Å². The number of aromatic nitrogens is 1. The lowest BCUT2D eigenvalue weighted by Gasteiger charge is -2.40. The molecule has 34 heavy (non-hydrogen) atoms. The van der Waals surface area contributed by atoms with Gasteiger partial charge in [-0.05, 0) is 49.2 Å². The standard InChI is InChI=1S/C22H26FN5O5S/c1-26-11-3-5-18(26)22(31)27-12-13-28(34(32,33)16-8-6-15(23)7-9-16)19(14-27)21(30)25-17-4-2-10-24-20(17)29/h3,5-9,11,17,19H,2,4,10,12-14H2,1H3,(H,24,29)(H,25,30)/t17-,19+/m0/s1. The monoisotopic (exact) mass is 491 g/mol. The van der Waals surface area contributed by atoms with Crippen molar-refractivity contribution in [1.82, 2.24) is 24.4 Å². The van der Waals surface area contributed by atoms with E-state index in [1.807, 2.05) is 0 Å². The van der Waals surface area contributed by atoms with Crippen molar-refractivity contribution in [3.63, 3.8) is 0 Å². The second-order valence-electron chi connectivity index (χ2n) is 8.34. The third-order valence-corrected chi connectivity index (χ3v) is 8.03. The van der Waals surface area contributed by atoms with Crippen LogP contribution >= 0.6 is 0 Å². The minimum Gasteiger partial charge on any atom is -0.354 e. The summed E-state index contributed by atoms with van der Waals surface area (Å²) in [5.41, 5.74) is 0.403. The third kappa shape index (κ3) is 4.68. The van der Waals surface area contributed by atoms with Crippen molar-refractivity contribution in [3.05, 3.63) is 54.1 Å². The predicted octanol–water partition coefficient (Wildman–Crippen LogP) is 0.0743. The molecule has 182 valence electrons. The van der Waals surface area contributed by atoms with Crippen molar-refractivity contribution in [2.75, 3.05) is 26.2 Å². The molecule has 0 bridgehead atoms. The molecule has 2 atom stereocenters. The first-order valence-corrected chi connectivity index (χ1v) is 12.4. The summed E-state index contributed by atoms with van der Waals surface area (Å²) in [4.78, 5) is 39.7. The molecule has 0 saturated carbocycles. The highest BCUT2D eigenvalue weighted by atomic mass is 32.2.